The van der Waals surface area contributed by atoms with E-state index in [1.54, 1.807) is 0 Å². The normalized spacial score (nSPS) is 22.2. The van der Waals surface area contributed by atoms with Crippen LogP contribution in [0.3, 0.4) is 0 Å². The van der Waals surface area contributed by atoms with E-state index in [1.807, 2.05) is 0 Å². The molecule has 0 aromatic heterocycles. The van der Waals surface area contributed by atoms with Crippen LogP contribution in [-0.4, -0.2) is 6.54 Å². The van der Waals surface area contributed by atoms with Crippen molar-refractivity contribution in [3.63, 3.8) is 0 Å². The Balaban J connectivity index is 2.32. The molecule has 13 heavy (non-hydrogen) atoms. The van der Waals surface area contributed by atoms with E-state index >= 15 is 0 Å². The van der Waals surface area contributed by atoms with Crippen molar-refractivity contribution in [2.75, 3.05) is 6.54 Å². The molecule has 1 aliphatic rings. The minimum atomic E-state index is 0.611. The zero-order chi connectivity index (χ0) is 9.26. The lowest BCUT2D eigenvalue weighted by atomic mass is 9.98. The largest absolute Gasteiger partial charge is 0.310 e. The van der Waals surface area contributed by atoms with Crippen molar-refractivity contribution in [1.82, 2.24) is 5.32 Å². The van der Waals surface area contributed by atoms with E-state index in [0.717, 1.165) is 0 Å². The molecule has 1 saturated heterocycles. The first-order valence-electron chi connectivity index (χ1n) is 5.08. The van der Waals surface area contributed by atoms with Gasteiger partial charge >= 0.3 is 0 Å². The Morgan fingerprint density at radius 2 is 2.15 bits per heavy atom. The topological polar surface area (TPSA) is 12.0 Å². The summed E-state index contributed by atoms with van der Waals surface area (Å²) < 4.78 is 0. The van der Waals surface area contributed by atoms with Crippen molar-refractivity contribution in [3.8, 4) is 0 Å². The molecule has 0 bridgehead atoms. The van der Waals surface area contributed by atoms with Gasteiger partial charge in [0.1, 0.15) is 0 Å². The van der Waals surface area contributed by atoms with Gasteiger partial charge in [-0.2, -0.15) is 0 Å². The molecule has 1 aromatic rings. The van der Waals surface area contributed by atoms with Crippen molar-refractivity contribution in [3.05, 3.63) is 34.9 Å². The Kier molecular flexibility index (Phi) is 2.36. The van der Waals surface area contributed by atoms with E-state index in [1.165, 1.54) is 36.1 Å². The second-order valence-corrected chi connectivity index (χ2v) is 4.01. The van der Waals surface area contributed by atoms with Gasteiger partial charge in [-0.3, -0.25) is 0 Å². The van der Waals surface area contributed by atoms with E-state index in [0.29, 0.717) is 6.04 Å². The summed E-state index contributed by atoms with van der Waals surface area (Å²) in [5.41, 5.74) is 4.29. The lowest BCUT2D eigenvalue weighted by Crippen LogP contribution is -2.14. The summed E-state index contributed by atoms with van der Waals surface area (Å²) in [5.74, 6) is 0. The second kappa shape index (κ2) is 3.51. The SMILES string of the molecule is Cc1ccc(C)c([C@@H]2CCCN2)c1. The zero-order valence-corrected chi connectivity index (χ0v) is 8.43. The molecule has 0 unspecified atom stereocenters. The standard InChI is InChI=1S/C12H17N/c1-9-5-6-10(2)11(8-9)12-4-3-7-13-12/h5-6,8,12-13H,3-4,7H2,1-2H3/t12-/m0/s1. The molecule has 70 valence electrons. The molecule has 0 radical (unpaired) electrons. The number of hydrogen-bond donors (Lipinski definition) is 1. The molecular formula is C12H17N. The maximum absolute atomic E-state index is 3.54. The van der Waals surface area contributed by atoms with E-state index in [9.17, 15) is 0 Å². The molecule has 0 spiro atoms. The van der Waals surface area contributed by atoms with Crippen molar-refractivity contribution in [2.45, 2.75) is 32.7 Å². The van der Waals surface area contributed by atoms with Crippen LogP contribution in [-0.2, 0) is 0 Å². The fourth-order valence-electron chi connectivity index (χ4n) is 2.09. The number of nitrogens with one attached hydrogen (secondary N) is 1. The molecule has 1 aromatic carbocycles. The highest BCUT2D eigenvalue weighted by atomic mass is 14.9. The van der Waals surface area contributed by atoms with Gasteiger partial charge in [0.25, 0.3) is 0 Å². The first kappa shape index (κ1) is 8.76. The Labute approximate surface area is 80.2 Å². The van der Waals surface area contributed by atoms with Crippen LogP contribution in [0.25, 0.3) is 0 Å². The molecule has 1 heteroatoms. The molecule has 1 nitrogen and oxygen atoms in total. The third-order valence-electron chi connectivity index (χ3n) is 2.87. The van der Waals surface area contributed by atoms with E-state index in [-0.39, 0.29) is 0 Å². The summed E-state index contributed by atoms with van der Waals surface area (Å²) in [6.45, 7) is 5.55. The van der Waals surface area contributed by atoms with Gasteiger partial charge in [0.05, 0.1) is 0 Å². The first-order chi connectivity index (χ1) is 6.27. The maximum Gasteiger partial charge on any atom is 0.0323 e. The molecule has 2 rings (SSSR count). The van der Waals surface area contributed by atoms with Gasteiger partial charge in [0.2, 0.25) is 0 Å². The molecule has 0 aliphatic carbocycles. The monoisotopic (exact) mass is 175 g/mol. The van der Waals surface area contributed by atoms with E-state index < -0.39 is 0 Å². The number of benzene rings is 1. The fraction of sp³-hybridized carbons (Fsp3) is 0.500. The second-order valence-electron chi connectivity index (χ2n) is 4.01. The van der Waals surface area contributed by atoms with Crippen LogP contribution >= 0.6 is 0 Å². The highest BCUT2D eigenvalue weighted by Gasteiger charge is 2.17. The van der Waals surface area contributed by atoms with Crippen molar-refractivity contribution < 1.29 is 0 Å². The summed E-state index contributed by atoms with van der Waals surface area (Å²) in [7, 11) is 0. The number of hydrogen-bond acceptors (Lipinski definition) is 1. The van der Waals surface area contributed by atoms with Crippen LogP contribution in [0, 0.1) is 13.8 Å². The zero-order valence-electron chi connectivity index (χ0n) is 8.43. The van der Waals surface area contributed by atoms with Gasteiger partial charge in [-0.15, -0.1) is 0 Å². The molecule has 1 atom stereocenters. The minimum Gasteiger partial charge on any atom is -0.310 e. The van der Waals surface area contributed by atoms with Crippen LogP contribution < -0.4 is 5.32 Å². The van der Waals surface area contributed by atoms with Gasteiger partial charge in [-0.1, -0.05) is 23.8 Å². The third-order valence-corrected chi connectivity index (χ3v) is 2.87. The van der Waals surface area contributed by atoms with Gasteiger partial charge in [-0.25, -0.2) is 0 Å². The van der Waals surface area contributed by atoms with Crippen molar-refractivity contribution in [1.29, 1.82) is 0 Å². The minimum absolute atomic E-state index is 0.611. The first-order valence-corrected chi connectivity index (χ1v) is 5.08. The van der Waals surface area contributed by atoms with E-state index in [4.69, 9.17) is 0 Å². The van der Waals surface area contributed by atoms with Gasteiger partial charge in [0, 0.05) is 6.04 Å². The summed E-state index contributed by atoms with van der Waals surface area (Å²) in [5, 5.41) is 3.54. The van der Waals surface area contributed by atoms with Gasteiger partial charge < -0.3 is 5.32 Å². The molecule has 1 N–H and O–H groups in total. The smallest absolute Gasteiger partial charge is 0.0323 e. The average Bonchev–Trinajstić information content (AvgIpc) is 2.61. The van der Waals surface area contributed by atoms with Crippen LogP contribution in [0.1, 0.15) is 35.6 Å². The van der Waals surface area contributed by atoms with Crippen LogP contribution in [0.4, 0.5) is 0 Å². The molecule has 0 amide bonds. The molecule has 1 aliphatic heterocycles. The molecular weight excluding hydrogens is 158 g/mol. The molecule has 1 fully saturated rings. The third kappa shape index (κ3) is 1.75. The predicted molar refractivity (Wildman–Crippen MR) is 55.9 cm³/mol. The van der Waals surface area contributed by atoms with Crippen LogP contribution in [0.15, 0.2) is 18.2 Å². The Bertz CT molecular complexity index is 298. The van der Waals surface area contributed by atoms with E-state index in [2.05, 4.69) is 37.4 Å². The highest BCUT2D eigenvalue weighted by molar-refractivity contribution is 5.33. The Hall–Kier alpha value is -0.820. The average molecular weight is 175 g/mol. The van der Waals surface area contributed by atoms with Crippen LogP contribution in [0.5, 0.6) is 0 Å². The van der Waals surface area contributed by atoms with Crippen molar-refractivity contribution in [2.24, 2.45) is 0 Å². The Morgan fingerprint density at radius 3 is 2.85 bits per heavy atom. The highest BCUT2D eigenvalue weighted by Crippen LogP contribution is 2.26. The van der Waals surface area contributed by atoms with Gasteiger partial charge in [-0.05, 0) is 44.4 Å². The predicted octanol–water partition coefficient (Wildman–Crippen LogP) is 2.73. The maximum atomic E-state index is 3.54. The van der Waals surface area contributed by atoms with Gasteiger partial charge in [0.15, 0.2) is 0 Å². The summed E-state index contributed by atoms with van der Waals surface area (Å²) in [4.78, 5) is 0. The summed E-state index contributed by atoms with van der Waals surface area (Å²) in [6, 6.07) is 7.34. The Morgan fingerprint density at radius 1 is 1.31 bits per heavy atom. The quantitative estimate of drug-likeness (QED) is 0.692. The van der Waals surface area contributed by atoms with Crippen LogP contribution in [0.2, 0.25) is 0 Å². The van der Waals surface area contributed by atoms with Crippen molar-refractivity contribution >= 4 is 0 Å². The number of rotatable bonds is 1. The number of aryl methyl sites for hydroxylation is 2. The summed E-state index contributed by atoms with van der Waals surface area (Å²) >= 11 is 0. The molecule has 1 heterocycles. The summed E-state index contributed by atoms with van der Waals surface area (Å²) in [6.07, 6.45) is 2.61. The molecule has 0 saturated carbocycles. The lowest BCUT2D eigenvalue weighted by molar-refractivity contribution is 0.643. The lowest BCUT2D eigenvalue weighted by Gasteiger charge is -2.14. The fourth-order valence-corrected chi connectivity index (χ4v) is 2.09.